The smallest absolute Gasteiger partial charge is 0.330 e. The Labute approximate surface area is 126 Å². The zero-order valence-electron chi connectivity index (χ0n) is 10.1. The van der Waals surface area contributed by atoms with Crippen LogP contribution < -0.4 is 0 Å². The summed E-state index contributed by atoms with van der Waals surface area (Å²) in [7, 11) is 0. The second kappa shape index (κ2) is 6.74. The third-order valence-electron chi connectivity index (χ3n) is 2.31. The van der Waals surface area contributed by atoms with E-state index in [9.17, 15) is 18.0 Å². The molecule has 0 radical (unpaired) electrons. The first-order valence-electron chi connectivity index (χ1n) is 5.55. The molecule has 1 rings (SSSR count). The molecule has 2 nitrogen and oxygen atoms in total. The van der Waals surface area contributed by atoms with Crippen LogP contribution in [-0.4, -0.2) is 30.1 Å². The van der Waals surface area contributed by atoms with Crippen molar-refractivity contribution in [2.24, 2.45) is 0 Å². The van der Waals surface area contributed by atoms with E-state index >= 15 is 0 Å². The highest BCUT2D eigenvalue weighted by Crippen LogP contribution is 2.25. The summed E-state index contributed by atoms with van der Waals surface area (Å²) in [6, 6.07) is 4.75. The van der Waals surface area contributed by atoms with Crippen molar-refractivity contribution in [2.45, 2.75) is 19.5 Å². The van der Waals surface area contributed by atoms with Gasteiger partial charge in [-0.25, -0.2) is 0 Å². The summed E-state index contributed by atoms with van der Waals surface area (Å²) in [6.07, 6.45) is -3.93. The van der Waals surface area contributed by atoms with Crippen molar-refractivity contribution >= 4 is 37.8 Å². The van der Waals surface area contributed by atoms with Gasteiger partial charge in [-0.05, 0) is 40.5 Å². The molecule has 0 unspecified atom stereocenters. The van der Waals surface area contributed by atoms with E-state index in [1.165, 1.54) is 6.07 Å². The van der Waals surface area contributed by atoms with Crippen LogP contribution >= 0.6 is 31.9 Å². The molecule has 0 aliphatic heterocycles. The van der Waals surface area contributed by atoms with Crippen LogP contribution in [0.15, 0.2) is 27.1 Å². The van der Waals surface area contributed by atoms with Crippen molar-refractivity contribution in [1.29, 1.82) is 0 Å². The van der Waals surface area contributed by atoms with Crippen molar-refractivity contribution in [1.82, 2.24) is 4.90 Å². The molecule has 106 valence electrons. The molecule has 0 heterocycles. The molecule has 1 amide bonds. The van der Waals surface area contributed by atoms with Gasteiger partial charge < -0.3 is 4.90 Å². The number of rotatable bonds is 4. The van der Waals surface area contributed by atoms with E-state index in [1.807, 2.05) is 0 Å². The molecule has 1 aromatic carbocycles. The molecule has 0 aromatic heterocycles. The summed E-state index contributed by atoms with van der Waals surface area (Å²) in [5, 5.41) is 0. The molecule has 19 heavy (non-hydrogen) atoms. The fourth-order valence-corrected chi connectivity index (χ4v) is 2.79. The van der Waals surface area contributed by atoms with Crippen LogP contribution in [0.4, 0.5) is 13.2 Å². The van der Waals surface area contributed by atoms with Crippen LogP contribution in [0.1, 0.15) is 23.7 Å². The molecular weight excluding hydrogens is 391 g/mol. The quantitative estimate of drug-likeness (QED) is 0.719. The average molecular weight is 403 g/mol. The number of hydrogen-bond donors (Lipinski definition) is 0. The normalized spacial score (nSPS) is 11.5. The Morgan fingerprint density at radius 2 is 1.95 bits per heavy atom. The minimum atomic E-state index is -4.40. The lowest BCUT2D eigenvalue weighted by atomic mass is 10.2. The van der Waals surface area contributed by atoms with E-state index < -0.39 is 18.6 Å². The zero-order valence-corrected chi connectivity index (χ0v) is 13.3. The summed E-state index contributed by atoms with van der Waals surface area (Å²) in [6.45, 7) is 0.566. The Morgan fingerprint density at radius 1 is 1.32 bits per heavy atom. The molecule has 0 saturated heterocycles. The molecule has 1 aromatic rings. The largest absolute Gasteiger partial charge is 0.406 e. The van der Waals surface area contributed by atoms with Gasteiger partial charge in [0.05, 0.1) is 5.56 Å². The predicted octanol–water partition coefficient (Wildman–Crippen LogP) is 4.63. The molecule has 0 spiro atoms. The van der Waals surface area contributed by atoms with E-state index in [1.54, 1.807) is 19.1 Å². The number of hydrogen-bond acceptors (Lipinski definition) is 1. The van der Waals surface area contributed by atoms with Crippen molar-refractivity contribution < 1.29 is 18.0 Å². The highest BCUT2D eigenvalue weighted by atomic mass is 79.9. The zero-order chi connectivity index (χ0) is 14.6. The Hall–Kier alpha value is -0.560. The number of carbonyl (C=O) groups is 1. The third-order valence-corrected chi connectivity index (χ3v) is 3.46. The van der Waals surface area contributed by atoms with E-state index in [0.29, 0.717) is 10.9 Å². The van der Waals surface area contributed by atoms with Crippen LogP contribution in [0.25, 0.3) is 0 Å². The van der Waals surface area contributed by atoms with Gasteiger partial charge in [-0.3, -0.25) is 4.79 Å². The van der Waals surface area contributed by atoms with Crippen LogP contribution in [-0.2, 0) is 0 Å². The summed E-state index contributed by atoms with van der Waals surface area (Å²) in [4.78, 5) is 12.9. The first-order chi connectivity index (χ1) is 8.74. The summed E-state index contributed by atoms with van der Waals surface area (Å²) >= 11 is 6.42. The maximum Gasteiger partial charge on any atom is 0.406 e. The standard InChI is InChI=1S/C12H12Br2F3NO/c1-2-5-18(7-12(15,16)17)11(19)9-4-3-8(13)6-10(9)14/h3-4,6H,2,5,7H2,1H3. The van der Waals surface area contributed by atoms with Crippen molar-refractivity contribution in [2.75, 3.05) is 13.1 Å². The van der Waals surface area contributed by atoms with Gasteiger partial charge in [0.15, 0.2) is 0 Å². The monoisotopic (exact) mass is 401 g/mol. The average Bonchev–Trinajstić information content (AvgIpc) is 2.26. The van der Waals surface area contributed by atoms with Crippen LogP contribution in [0.2, 0.25) is 0 Å². The number of halogens is 5. The first-order valence-corrected chi connectivity index (χ1v) is 7.14. The number of nitrogens with zero attached hydrogens (tertiary/aromatic N) is 1. The minimum Gasteiger partial charge on any atom is -0.330 e. The maximum atomic E-state index is 12.5. The maximum absolute atomic E-state index is 12.5. The Kier molecular flexibility index (Phi) is 5.85. The molecule has 0 bridgehead atoms. The molecule has 0 atom stereocenters. The Morgan fingerprint density at radius 3 is 2.42 bits per heavy atom. The number of benzene rings is 1. The SMILES string of the molecule is CCCN(CC(F)(F)F)C(=O)c1ccc(Br)cc1Br. The molecule has 0 aliphatic carbocycles. The van der Waals surface area contributed by atoms with E-state index in [4.69, 9.17) is 0 Å². The number of carbonyl (C=O) groups excluding carboxylic acids is 1. The third kappa shape index (κ3) is 5.14. The van der Waals surface area contributed by atoms with Gasteiger partial charge >= 0.3 is 6.18 Å². The second-order valence-corrected chi connectivity index (χ2v) is 5.74. The van der Waals surface area contributed by atoms with Gasteiger partial charge in [-0.15, -0.1) is 0 Å². The summed E-state index contributed by atoms with van der Waals surface area (Å²) < 4.78 is 38.6. The highest BCUT2D eigenvalue weighted by Gasteiger charge is 2.33. The molecule has 0 N–H and O–H groups in total. The summed E-state index contributed by atoms with van der Waals surface area (Å²) in [5.74, 6) is -0.626. The lowest BCUT2D eigenvalue weighted by Gasteiger charge is -2.24. The molecule has 7 heteroatoms. The minimum absolute atomic E-state index is 0.0703. The highest BCUT2D eigenvalue weighted by molar-refractivity contribution is 9.11. The van der Waals surface area contributed by atoms with Gasteiger partial charge in [0, 0.05) is 15.5 Å². The van der Waals surface area contributed by atoms with Crippen molar-refractivity contribution in [3.8, 4) is 0 Å². The molecule has 0 saturated carbocycles. The lowest BCUT2D eigenvalue weighted by Crippen LogP contribution is -2.39. The van der Waals surface area contributed by atoms with E-state index in [-0.39, 0.29) is 12.1 Å². The van der Waals surface area contributed by atoms with Gasteiger partial charge in [-0.1, -0.05) is 22.9 Å². The Bertz CT molecular complexity index is 463. The van der Waals surface area contributed by atoms with Crippen LogP contribution in [0, 0.1) is 0 Å². The fraction of sp³-hybridized carbons (Fsp3) is 0.417. The fourth-order valence-electron chi connectivity index (χ4n) is 1.57. The number of amides is 1. The Balaban J connectivity index is 2.99. The van der Waals surface area contributed by atoms with Crippen LogP contribution in [0.5, 0.6) is 0 Å². The molecule has 0 aliphatic rings. The number of alkyl halides is 3. The van der Waals surface area contributed by atoms with E-state index in [2.05, 4.69) is 31.9 Å². The van der Waals surface area contributed by atoms with Crippen LogP contribution in [0.3, 0.4) is 0 Å². The van der Waals surface area contributed by atoms with Gasteiger partial charge in [0.25, 0.3) is 5.91 Å². The second-order valence-electron chi connectivity index (χ2n) is 3.97. The first kappa shape index (κ1) is 16.5. The lowest BCUT2D eigenvalue weighted by molar-refractivity contribution is -0.140. The van der Waals surface area contributed by atoms with Gasteiger partial charge in [0.2, 0.25) is 0 Å². The molecular formula is C12H12Br2F3NO. The predicted molar refractivity (Wildman–Crippen MR) is 74.1 cm³/mol. The van der Waals surface area contributed by atoms with Gasteiger partial charge in [-0.2, -0.15) is 13.2 Å². The topological polar surface area (TPSA) is 20.3 Å². The van der Waals surface area contributed by atoms with Gasteiger partial charge in [0.1, 0.15) is 6.54 Å². The summed E-state index contributed by atoms with van der Waals surface area (Å²) in [5.41, 5.74) is 0.223. The molecule has 0 fully saturated rings. The van der Waals surface area contributed by atoms with Crippen molar-refractivity contribution in [3.05, 3.63) is 32.7 Å². The van der Waals surface area contributed by atoms with E-state index in [0.717, 1.165) is 9.37 Å². The van der Waals surface area contributed by atoms with Crippen molar-refractivity contribution in [3.63, 3.8) is 0 Å².